The minimum absolute atomic E-state index is 0.404. The Morgan fingerprint density at radius 1 is 1.25 bits per heavy atom. The van der Waals surface area contributed by atoms with Crippen molar-refractivity contribution < 1.29 is 9.84 Å². The van der Waals surface area contributed by atoms with Crippen LogP contribution in [0.3, 0.4) is 0 Å². The van der Waals surface area contributed by atoms with Crippen LogP contribution in [-0.4, -0.2) is 37.0 Å². The maximum atomic E-state index is 9.93. The van der Waals surface area contributed by atoms with E-state index in [1.54, 1.807) is 0 Å². The highest BCUT2D eigenvalue weighted by Gasteiger charge is 2.18. The molecule has 1 rings (SSSR count). The summed E-state index contributed by atoms with van der Waals surface area (Å²) in [7, 11) is 0. The lowest BCUT2D eigenvalue weighted by Gasteiger charge is -2.25. The Hall–Kier alpha value is -0.380. The zero-order valence-electron chi connectivity index (χ0n) is 13.6. The molecule has 0 bridgehead atoms. The fraction of sp³-hybridized carbons (Fsp3) is 0.882. The molecule has 3 heteroatoms. The van der Waals surface area contributed by atoms with Gasteiger partial charge in [0, 0.05) is 12.6 Å². The number of hydrogen-bond donors (Lipinski definition) is 2. The number of aliphatic hydroxyl groups excluding tert-OH is 1. The second kappa shape index (κ2) is 9.54. The highest BCUT2D eigenvalue weighted by molar-refractivity contribution is 4.93. The molecule has 0 saturated heterocycles. The van der Waals surface area contributed by atoms with Gasteiger partial charge in [-0.05, 0) is 43.9 Å². The molecule has 3 nitrogen and oxygen atoms in total. The van der Waals surface area contributed by atoms with Gasteiger partial charge in [0.25, 0.3) is 0 Å². The predicted molar refractivity (Wildman–Crippen MR) is 84.8 cm³/mol. The summed E-state index contributed by atoms with van der Waals surface area (Å²) >= 11 is 0. The van der Waals surface area contributed by atoms with Gasteiger partial charge >= 0.3 is 0 Å². The molecular weight excluding hydrogens is 250 g/mol. The third-order valence-electron chi connectivity index (χ3n) is 4.09. The first-order valence-electron chi connectivity index (χ1n) is 8.13. The quantitative estimate of drug-likeness (QED) is 0.639. The summed E-state index contributed by atoms with van der Waals surface area (Å²) in [5, 5.41) is 13.3. The monoisotopic (exact) mass is 283 g/mol. The Kier molecular flexibility index (Phi) is 8.43. The van der Waals surface area contributed by atoms with Gasteiger partial charge in [0.1, 0.15) is 0 Å². The van der Waals surface area contributed by atoms with Crippen LogP contribution in [0.15, 0.2) is 12.2 Å². The van der Waals surface area contributed by atoms with E-state index in [4.69, 9.17) is 4.74 Å². The van der Waals surface area contributed by atoms with Crippen LogP contribution >= 0.6 is 0 Å². The standard InChI is InChI=1S/C17H33NO2/c1-13(2)9-15(4)18-10-17(19)12-20-11-16-8-6-5-7-14(16)3/h5-6,13-19H,7-12H2,1-4H3. The largest absolute Gasteiger partial charge is 0.389 e. The first-order valence-corrected chi connectivity index (χ1v) is 8.13. The van der Waals surface area contributed by atoms with E-state index in [0.717, 1.165) is 25.9 Å². The van der Waals surface area contributed by atoms with Crippen molar-refractivity contribution in [3.63, 3.8) is 0 Å². The van der Waals surface area contributed by atoms with E-state index in [-0.39, 0.29) is 0 Å². The smallest absolute Gasteiger partial charge is 0.0897 e. The van der Waals surface area contributed by atoms with E-state index in [2.05, 4.69) is 45.2 Å². The molecule has 0 heterocycles. The third kappa shape index (κ3) is 7.41. The Labute approximate surface area is 124 Å². The summed E-state index contributed by atoms with van der Waals surface area (Å²) in [5.41, 5.74) is 0. The van der Waals surface area contributed by atoms with Gasteiger partial charge in [0.2, 0.25) is 0 Å². The SMILES string of the molecule is CC(C)CC(C)NCC(O)COCC1CC=CCC1C. The number of allylic oxidation sites excluding steroid dienone is 2. The van der Waals surface area contributed by atoms with Crippen LogP contribution < -0.4 is 5.32 Å². The lowest BCUT2D eigenvalue weighted by Crippen LogP contribution is -2.37. The minimum atomic E-state index is -0.404. The summed E-state index contributed by atoms with van der Waals surface area (Å²) in [6.45, 7) is 10.7. The highest BCUT2D eigenvalue weighted by Crippen LogP contribution is 2.24. The second-order valence-corrected chi connectivity index (χ2v) is 6.81. The van der Waals surface area contributed by atoms with Crippen molar-refractivity contribution >= 4 is 0 Å². The van der Waals surface area contributed by atoms with Crippen molar-refractivity contribution in [3.8, 4) is 0 Å². The van der Waals surface area contributed by atoms with E-state index in [0.29, 0.717) is 36.9 Å². The molecule has 0 aliphatic heterocycles. The summed E-state index contributed by atoms with van der Waals surface area (Å²) < 4.78 is 5.69. The molecule has 20 heavy (non-hydrogen) atoms. The van der Waals surface area contributed by atoms with E-state index >= 15 is 0 Å². The second-order valence-electron chi connectivity index (χ2n) is 6.81. The Morgan fingerprint density at radius 2 is 1.95 bits per heavy atom. The molecule has 4 unspecified atom stereocenters. The maximum absolute atomic E-state index is 9.93. The van der Waals surface area contributed by atoms with Gasteiger partial charge < -0.3 is 15.2 Å². The molecule has 0 aromatic heterocycles. The fourth-order valence-electron chi connectivity index (χ4n) is 2.78. The first kappa shape index (κ1) is 17.7. The van der Waals surface area contributed by atoms with Crippen LogP contribution in [0.5, 0.6) is 0 Å². The van der Waals surface area contributed by atoms with Gasteiger partial charge in [-0.3, -0.25) is 0 Å². The van der Waals surface area contributed by atoms with Crippen LogP contribution in [-0.2, 0) is 4.74 Å². The van der Waals surface area contributed by atoms with Gasteiger partial charge in [-0.1, -0.05) is 32.9 Å². The van der Waals surface area contributed by atoms with Gasteiger partial charge in [0.05, 0.1) is 19.3 Å². The van der Waals surface area contributed by atoms with Crippen molar-refractivity contribution in [1.29, 1.82) is 0 Å². The number of hydrogen-bond acceptors (Lipinski definition) is 3. The lowest BCUT2D eigenvalue weighted by atomic mass is 9.85. The van der Waals surface area contributed by atoms with Gasteiger partial charge in [-0.25, -0.2) is 0 Å². The summed E-state index contributed by atoms with van der Waals surface area (Å²) in [6.07, 6.45) is 7.51. The summed E-state index contributed by atoms with van der Waals surface area (Å²) in [6, 6.07) is 0.452. The molecule has 0 amide bonds. The van der Waals surface area contributed by atoms with Gasteiger partial charge in [-0.2, -0.15) is 0 Å². The number of nitrogens with one attached hydrogen (secondary N) is 1. The average molecular weight is 283 g/mol. The fourth-order valence-corrected chi connectivity index (χ4v) is 2.78. The Bertz CT molecular complexity index is 278. The molecule has 0 radical (unpaired) electrons. The first-order chi connectivity index (χ1) is 9.49. The summed E-state index contributed by atoms with van der Waals surface area (Å²) in [4.78, 5) is 0. The van der Waals surface area contributed by atoms with E-state index < -0.39 is 6.10 Å². The molecule has 1 aliphatic carbocycles. The van der Waals surface area contributed by atoms with Crippen molar-refractivity contribution in [2.45, 2.75) is 59.1 Å². The molecule has 0 aromatic rings. The number of ether oxygens (including phenoxy) is 1. The van der Waals surface area contributed by atoms with Gasteiger partial charge in [-0.15, -0.1) is 0 Å². The normalized spacial score (nSPS) is 25.9. The number of rotatable bonds is 9. The Balaban J connectivity index is 2.07. The van der Waals surface area contributed by atoms with Crippen molar-refractivity contribution in [1.82, 2.24) is 5.32 Å². The van der Waals surface area contributed by atoms with Crippen LogP contribution in [0.1, 0.15) is 47.0 Å². The lowest BCUT2D eigenvalue weighted by molar-refractivity contribution is 0.0119. The number of aliphatic hydroxyl groups is 1. The highest BCUT2D eigenvalue weighted by atomic mass is 16.5. The van der Waals surface area contributed by atoms with Crippen molar-refractivity contribution in [3.05, 3.63) is 12.2 Å². The molecule has 0 spiro atoms. The molecule has 1 aliphatic rings. The molecule has 2 N–H and O–H groups in total. The molecule has 0 saturated carbocycles. The molecule has 0 fully saturated rings. The van der Waals surface area contributed by atoms with E-state index in [1.807, 2.05) is 0 Å². The van der Waals surface area contributed by atoms with Crippen LogP contribution in [0.25, 0.3) is 0 Å². The van der Waals surface area contributed by atoms with Gasteiger partial charge in [0.15, 0.2) is 0 Å². The predicted octanol–water partition coefficient (Wildman–Crippen LogP) is 2.99. The van der Waals surface area contributed by atoms with Crippen molar-refractivity contribution in [2.24, 2.45) is 17.8 Å². The molecule has 4 atom stereocenters. The topological polar surface area (TPSA) is 41.5 Å². The minimum Gasteiger partial charge on any atom is -0.389 e. The van der Waals surface area contributed by atoms with Crippen LogP contribution in [0.2, 0.25) is 0 Å². The average Bonchev–Trinajstić information content (AvgIpc) is 2.38. The molecule has 0 aromatic carbocycles. The third-order valence-corrected chi connectivity index (χ3v) is 4.09. The maximum Gasteiger partial charge on any atom is 0.0897 e. The van der Waals surface area contributed by atoms with Crippen LogP contribution in [0.4, 0.5) is 0 Å². The molecular formula is C17H33NO2. The molecule has 118 valence electrons. The Morgan fingerprint density at radius 3 is 2.60 bits per heavy atom. The zero-order valence-corrected chi connectivity index (χ0v) is 13.6. The zero-order chi connectivity index (χ0) is 15.0. The van der Waals surface area contributed by atoms with Crippen LogP contribution in [0, 0.1) is 17.8 Å². The van der Waals surface area contributed by atoms with E-state index in [9.17, 15) is 5.11 Å². The van der Waals surface area contributed by atoms with E-state index in [1.165, 1.54) is 0 Å². The summed E-state index contributed by atoms with van der Waals surface area (Å²) in [5.74, 6) is 1.99. The van der Waals surface area contributed by atoms with Crippen molar-refractivity contribution in [2.75, 3.05) is 19.8 Å².